The number of anilines is 3. The first-order chi connectivity index (χ1) is 28.7. The van der Waals surface area contributed by atoms with E-state index in [9.17, 15) is 0 Å². The van der Waals surface area contributed by atoms with Crippen molar-refractivity contribution in [1.29, 1.82) is 0 Å². The summed E-state index contributed by atoms with van der Waals surface area (Å²) in [7, 11) is 0. The first-order valence-corrected chi connectivity index (χ1v) is 22.6. The average Bonchev–Trinajstić information content (AvgIpc) is 3.56. The quantitative estimate of drug-likeness (QED) is 0.169. The molecule has 0 N–H and O–H groups in total. The highest BCUT2D eigenvalue weighted by Gasteiger charge is 2.61. The number of nitrogens with zero attached hydrogens (tertiary/aromatic N) is 1. The van der Waals surface area contributed by atoms with Crippen LogP contribution in [0.2, 0.25) is 0 Å². The normalized spacial score (nSPS) is 25.2. The molecule has 1 nitrogen and oxygen atoms in total. The van der Waals surface area contributed by atoms with Crippen molar-refractivity contribution in [3.63, 3.8) is 0 Å². The number of benzene rings is 7. The molecule has 6 aliphatic rings. The maximum Gasteiger partial charge on any atom is 0.0464 e. The molecule has 6 aliphatic carbocycles. The van der Waals surface area contributed by atoms with Crippen LogP contribution in [0.4, 0.5) is 17.1 Å². The van der Waals surface area contributed by atoms with Crippen LogP contribution >= 0.6 is 0 Å². The third kappa shape index (κ3) is 5.22. The highest BCUT2D eigenvalue weighted by Crippen LogP contribution is 2.70. The van der Waals surface area contributed by atoms with Crippen LogP contribution in [0, 0.1) is 23.7 Å². The first-order valence-electron chi connectivity index (χ1n) is 22.6. The van der Waals surface area contributed by atoms with E-state index >= 15 is 0 Å². The van der Waals surface area contributed by atoms with Crippen molar-refractivity contribution in [3.05, 3.63) is 174 Å². The molecule has 7 aromatic carbocycles. The summed E-state index contributed by atoms with van der Waals surface area (Å²) in [5.41, 5.74) is 18.5. The van der Waals surface area contributed by atoms with Crippen molar-refractivity contribution in [1.82, 2.24) is 0 Å². The van der Waals surface area contributed by atoms with Gasteiger partial charge < -0.3 is 4.90 Å². The summed E-state index contributed by atoms with van der Waals surface area (Å²) in [5.74, 6) is 3.43. The molecule has 59 heavy (non-hydrogen) atoms. The van der Waals surface area contributed by atoms with Gasteiger partial charge in [-0.25, -0.2) is 0 Å². The fourth-order valence-electron chi connectivity index (χ4n) is 13.7. The fourth-order valence-corrected chi connectivity index (χ4v) is 13.7. The Bertz CT molecular complexity index is 2750. The second-order valence-corrected chi connectivity index (χ2v) is 20.4. The van der Waals surface area contributed by atoms with Crippen molar-refractivity contribution in [2.24, 2.45) is 23.7 Å². The molecule has 4 saturated carbocycles. The van der Waals surface area contributed by atoms with E-state index in [0.29, 0.717) is 0 Å². The van der Waals surface area contributed by atoms with Gasteiger partial charge in [0.1, 0.15) is 0 Å². The zero-order chi connectivity index (χ0) is 39.7. The smallest absolute Gasteiger partial charge is 0.0464 e. The van der Waals surface area contributed by atoms with Gasteiger partial charge in [-0.05, 0) is 182 Å². The van der Waals surface area contributed by atoms with Crippen LogP contribution in [-0.2, 0) is 16.2 Å². The van der Waals surface area contributed by atoms with E-state index in [0.717, 1.165) is 23.7 Å². The van der Waals surface area contributed by atoms with E-state index in [-0.39, 0.29) is 16.2 Å². The minimum atomic E-state index is 0.118. The molecule has 1 heteroatoms. The molecule has 0 amide bonds. The number of rotatable bonds is 5. The second kappa shape index (κ2) is 12.8. The molecule has 0 atom stereocenters. The largest absolute Gasteiger partial charge is 0.310 e. The SMILES string of the molecule is CC1(C)CCC(C)(C)c2cc(N(c3ccc(-c4cccc5c4-c4ccccc4C54C5CC6CC(C5)CC4C6)cc3)c3ccc(-c4cccc5ccccc45)cc3)ccc21. The van der Waals surface area contributed by atoms with Gasteiger partial charge in [-0.1, -0.05) is 143 Å². The van der Waals surface area contributed by atoms with Gasteiger partial charge in [-0.3, -0.25) is 0 Å². The zero-order valence-corrected chi connectivity index (χ0v) is 35.1. The van der Waals surface area contributed by atoms with Crippen LogP contribution in [0.25, 0.3) is 44.2 Å². The lowest BCUT2D eigenvalue weighted by Crippen LogP contribution is -2.55. The number of hydrogen-bond donors (Lipinski definition) is 0. The Balaban J connectivity index is 0.975. The van der Waals surface area contributed by atoms with Crippen molar-refractivity contribution < 1.29 is 0 Å². The molecule has 0 unspecified atom stereocenters. The maximum atomic E-state index is 2.53. The number of hydrogen-bond acceptors (Lipinski definition) is 1. The van der Waals surface area contributed by atoms with Gasteiger partial charge in [0.15, 0.2) is 0 Å². The zero-order valence-electron chi connectivity index (χ0n) is 35.1. The summed E-state index contributed by atoms with van der Waals surface area (Å²) in [4.78, 5) is 2.49. The highest BCUT2D eigenvalue weighted by atomic mass is 15.1. The van der Waals surface area contributed by atoms with E-state index in [1.165, 1.54) is 117 Å². The van der Waals surface area contributed by atoms with Gasteiger partial charge in [0, 0.05) is 22.5 Å². The molecule has 0 saturated heterocycles. The Kier molecular flexibility index (Phi) is 7.71. The van der Waals surface area contributed by atoms with Gasteiger partial charge >= 0.3 is 0 Å². The average molecular weight is 766 g/mol. The van der Waals surface area contributed by atoms with Gasteiger partial charge in [-0.2, -0.15) is 0 Å². The van der Waals surface area contributed by atoms with Crippen molar-refractivity contribution in [2.75, 3.05) is 4.90 Å². The summed E-state index contributed by atoms with van der Waals surface area (Å²) >= 11 is 0. The van der Waals surface area contributed by atoms with Crippen LogP contribution in [0.1, 0.15) is 94.9 Å². The third-order valence-corrected chi connectivity index (χ3v) is 16.3. The van der Waals surface area contributed by atoms with E-state index in [1.54, 1.807) is 11.1 Å². The maximum absolute atomic E-state index is 2.53. The van der Waals surface area contributed by atoms with E-state index in [1.807, 2.05) is 0 Å². The summed E-state index contributed by atoms with van der Waals surface area (Å²) in [6.07, 6.45) is 9.54. The Morgan fingerprint density at radius 3 is 1.66 bits per heavy atom. The Morgan fingerprint density at radius 1 is 0.424 bits per heavy atom. The molecule has 0 heterocycles. The Morgan fingerprint density at radius 2 is 0.949 bits per heavy atom. The first kappa shape index (κ1) is 35.5. The molecular weight excluding hydrogens is 711 g/mol. The highest BCUT2D eigenvalue weighted by molar-refractivity contribution is 5.97. The lowest BCUT2D eigenvalue weighted by molar-refractivity contribution is -0.0399. The summed E-state index contributed by atoms with van der Waals surface area (Å²) in [5, 5.41) is 2.56. The van der Waals surface area contributed by atoms with Crippen LogP contribution in [0.15, 0.2) is 152 Å². The van der Waals surface area contributed by atoms with Gasteiger partial charge in [-0.15, -0.1) is 0 Å². The molecule has 4 bridgehead atoms. The predicted molar refractivity (Wildman–Crippen MR) is 248 cm³/mol. The minimum absolute atomic E-state index is 0.118. The molecule has 0 aliphatic heterocycles. The van der Waals surface area contributed by atoms with E-state index in [4.69, 9.17) is 0 Å². The lowest BCUT2D eigenvalue weighted by atomic mass is 9.43. The summed E-state index contributed by atoms with van der Waals surface area (Å²) in [6.45, 7) is 9.72. The van der Waals surface area contributed by atoms with E-state index < -0.39 is 0 Å². The molecule has 1 spiro atoms. The van der Waals surface area contributed by atoms with Crippen LogP contribution in [0.3, 0.4) is 0 Å². The molecule has 0 radical (unpaired) electrons. The third-order valence-electron chi connectivity index (χ3n) is 16.3. The van der Waals surface area contributed by atoms with Gasteiger partial charge in [0.25, 0.3) is 0 Å². The van der Waals surface area contributed by atoms with Gasteiger partial charge in [0.2, 0.25) is 0 Å². The monoisotopic (exact) mass is 765 g/mol. The minimum Gasteiger partial charge on any atom is -0.310 e. The van der Waals surface area contributed by atoms with E-state index in [2.05, 4.69) is 184 Å². The lowest BCUT2D eigenvalue weighted by Gasteiger charge is -2.61. The molecule has 13 rings (SSSR count). The molecule has 4 fully saturated rings. The molecule has 7 aromatic rings. The number of fused-ring (bicyclic) bond motifs is 5. The van der Waals surface area contributed by atoms with Crippen LogP contribution in [-0.4, -0.2) is 0 Å². The fraction of sp³-hybridized carbons (Fsp3) is 0.310. The molecular formula is C58H55N. The van der Waals surface area contributed by atoms with Crippen molar-refractivity contribution >= 4 is 27.8 Å². The molecule has 292 valence electrons. The second-order valence-electron chi connectivity index (χ2n) is 20.4. The topological polar surface area (TPSA) is 3.24 Å². The van der Waals surface area contributed by atoms with Crippen molar-refractivity contribution in [2.45, 2.75) is 88.9 Å². The van der Waals surface area contributed by atoms with Crippen molar-refractivity contribution in [3.8, 4) is 33.4 Å². The molecule has 0 aromatic heterocycles. The summed E-state index contributed by atoms with van der Waals surface area (Å²) < 4.78 is 0. The van der Waals surface area contributed by atoms with Gasteiger partial charge in [0.05, 0.1) is 0 Å². The Labute approximate surface area is 351 Å². The summed E-state index contributed by atoms with van der Waals surface area (Å²) in [6, 6.07) is 58.4. The standard InChI is InChI=1S/C58H55N/c1-56(2)29-30-57(3,4)54-36-46(27-28-52(54)56)59(44-23-19-40(20-24-44)48-15-9-12-39-11-5-6-13-47(39)48)45-25-21-41(22-26-45)49-16-10-18-53-55(49)50-14-7-8-17-51(50)58(53)42-32-37-31-38(34-42)35-43(58)33-37/h5-28,36-38,42-43H,29-35H2,1-4H3. The van der Waals surface area contributed by atoms with Crippen LogP contribution < -0.4 is 4.90 Å². The predicted octanol–water partition coefficient (Wildman–Crippen LogP) is 15.7. The Hall–Kier alpha value is -5.40. The van der Waals surface area contributed by atoms with Crippen LogP contribution in [0.5, 0.6) is 0 Å².